The maximum Gasteiger partial charge on any atom is 0.262 e. The normalized spacial score (nSPS) is 20.2. The standard InChI is InChI=1S/C35H32N2O3/c1-34(2)23-35(3,25-16-8-5-9-17-25)28-20-12-13-21-29(28)37(34)33(40)30(22-24-14-6-4-7-15-24)36-31(38)26-18-10-11-19-27(26)32(36)39/h4-21,30H,22-23H2,1-3H3/t30-,35-/m1/s1. The van der Waals surface area contributed by atoms with Crippen LogP contribution in [0.15, 0.2) is 109 Å². The predicted molar refractivity (Wildman–Crippen MR) is 156 cm³/mol. The third-order valence-electron chi connectivity index (χ3n) is 8.46. The minimum atomic E-state index is -0.997. The minimum Gasteiger partial charge on any atom is -0.305 e. The lowest BCUT2D eigenvalue weighted by molar-refractivity contribution is -0.123. The van der Waals surface area contributed by atoms with Gasteiger partial charge in [0.05, 0.1) is 11.1 Å². The van der Waals surface area contributed by atoms with E-state index in [0.717, 1.165) is 16.8 Å². The average molecular weight is 529 g/mol. The summed E-state index contributed by atoms with van der Waals surface area (Å²) in [5, 5.41) is 0. The van der Waals surface area contributed by atoms with Crippen molar-refractivity contribution in [2.75, 3.05) is 4.90 Å². The number of rotatable bonds is 5. The second kappa shape index (κ2) is 9.60. The van der Waals surface area contributed by atoms with Crippen molar-refractivity contribution in [3.05, 3.63) is 137 Å². The van der Waals surface area contributed by atoms with E-state index in [4.69, 9.17) is 0 Å². The molecule has 2 heterocycles. The molecule has 0 radical (unpaired) electrons. The van der Waals surface area contributed by atoms with Gasteiger partial charge in [0, 0.05) is 23.1 Å². The van der Waals surface area contributed by atoms with Crippen molar-refractivity contribution in [2.45, 2.75) is 50.6 Å². The van der Waals surface area contributed by atoms with Crippen LogP contribution in [0.5, 0.6) is 0 Å². The summed E-state index contributed by atoms with van der Waals surface area (Å²) in [7, 11) is 0. The molecular weight excluding hydrogens is 496 g/mol. The van der Waals surface area contributed by atoms with Crippen molar-refractivity contribution < 1.29 is 14.4 Å². The van der Waals surface area contributed by atoms with Crippen LogP contribution in [0, 0.1) is 0 Å². The van der Waals surface area contributed by atoms with Crippen molar-refractivity contribution in [3.8, 4) is 0 Å². The van der Waals surface area contributed by atoms with E-state index in [2.05, 4.69) is 39.0 Å². The average Bonchev–Trinajstić information content (AvgIpc) is 3.21. The maximum atomic E-state index is 14.8. The van der Waals surface area contributed by atoms with Crippen LogP contribution in [-0.2, 0) is 16.6 Å². The number of carbonyl (C=O) groups is 3. The summed E-state index contributed by atoms with van der Waals surface area (Å²) >= 11 is 0. The molecule has 0 spiro atoms. The smallest absolute Gasteiger partial charge is 0.262 e. The number of hydrogen-bond donors (Lipinski definition) is 0. The minimum absolute atomic E-state index is 0.232. The summed E-state index contributed by atoms with van der Waals surface area (Å²) in [6.07, 6.45) is 0.906. The Morgan fingerprint density at radius 3 is 1.88 bits per heavy atom. The van der Waals surface area contributed by atoms with Gasteiger partial charge in [0.15, 0.2) is 0 Å². The summed E-state index contributed by atoms with van der Waals surface area (Å²) in [6, 6.07) is 33.8. The summed E-state index contributed by atoms with van der Waals surface area (Å²) < 4.78 is 0. The van der Waals surface area contributed by atoms with E-state index < -0.39 is 23.4 Å². The molecule has 0 aliphatic carbocycles. The van der Waals surface area contributed by atoms with Gasteiger partial charge < -0.3 is 4.90 Å². The molecule has 0 fully saturated rings. The van der Waals surface area contributed by atoms with E-state index in [1.165, 1.54) is 10.5 Å². The molecule has 4 aromatic carbocycles. The summed E-state index contributed by atoms with van der Waals surface area (Å²) in [4.78, 5) is 45.2. The fraction of sp³-hybridized carbons (Fsp3) is 0.229. The van der Waals surface area contributed by atoms with Crippen molar-refractivity contribution >= 4 is 23.4 Å². The van der Waals surface area contributed by atoms with Gasteiger partial charge in [-0.05, 0) is 55.2 Å². The van der Waals surface area contributed by atoms with Crippen molar-refractivity contribution in [1.82, 2.24) is 4.90 Å². The zero-order valence-corrected chi connectivity index (χ0v) is 23.0. The zero-order chi connectivity index (χ0) is 28.1. The molecular formula is C35H32N2O3. The number of benzene rings is 4. The molecule has 0 saturated carbocycles. The Hall–Kier alpha value is -4.51. The van der Waals surface area contributed by atoms with Gasteiger partial charge in [-0.1, -0.05) is 97.9 Å². The van der Waals surface area contributed by atoms with Gasteiger partial charge in [-0.15, -0.1) is 0 Å². The molecule has 2 atom stereocenters. The first kappa shape index (κ1) is 25.8. The number of nitrogens with zero attached hydrogens (tertiary/aromatic N) is 2. The summed E-state index contributed by atoms with van der Waals surface area (Å²) in [5.41, 5.74) is 3.67. The van der Waals surface area contributed by atoms with Crippen molar-refractivity contribution in [3.63, 3.8) is 0 Å². The van der Waals surface area contributed by atoms with Gasteiger partial charge in [0.2, 0.25) is 0 Å². The molecule has 0 N–H and O–H groups in total. The predicted octanol–water partition coefficient (Wildman–Crippen LogP) is 6.42. The Balaban J connectivity index is 1.48. The second-order valence-corrected chi connectivity index (χ2v) is 11.6. The Morgan fingerprint density at radius 2 is 1.25 bits per heavy atom. The molecule has 2 aliphatic rings. The highest BCUT2D eigenvalue weighted by Crippen LogP contribution is 2.50. The van der Waals surface area contributed by atoms with Crippen LogP contribution in [0.3, 0.4) is 0 Å². The Bertz CT molecular complexity index is 1580. The van der Waals surface area contributed by atoms with E-state index in [1.807, 2.05) is 71.6 Å². The highest BCUT2D eigenvalue weighted by atomic mass is 16.2. The highest BCUT2D eigenvalue weighted by molar-refractivity contribution is 6.23. The lowest BCUT2D eigenvalue weighted by Crippen LogP contribution is -2.61. The Morgan fingerprint density at radius 1 is 0.725 bits per heavy atom. The third kappa shape index (κ3) is 4.04. The first-order valence-corrected chi connectivity index (χ1v) is 13.7. The third-order valence-corrected chi connectivity index (χ3v) is 8.46. The SMILES string of the molecule is CC1(C)C[C@](C)(c2ccccc2)c2ccccc2N1C(=O)[C@@H](Cc1ccccc1)N1C(=O)c2ccccc2C1=O. The maximum absolute atomic E-state index is 14.8. The van der Waals surface area contributed by atoms with Crippen LogP contribution >= 0.6 is 0 Å². The van der Waals surface area contributed by atoms with Gasteiger partial charge >= 0.3 is 0 Å². The molecule has 4 aromatic rings. The van der Waals surface area contributed by atoms with E-state index in [-0.39, 0.29) is 17.7 Å². The summed E-state index contributed by atoms with van der Waals surface area (Å²) in [6.45, 7) is 6.38. The molecule has 0 unspecified atom stereocenters. The fourth-order valence-corrected chi connectivity index (χ4v) is 6.75. The molecule has 6 rings (SSSR count). The van der Waals surface area contributed by atoms with Crippen LogP contribution in [-0.4, -0.2) is 34.2 Å². The molecule has 2 aliphatic heterocycles. The van der Waals surface area contributed by atoms with E-state index in [1.54, 1.807) is 24.3 Å². The highest BCUT2D eigenvalue weighted by Gasteiger charge is 2.51. The number of hydrogen-bond acceptors (Lipinski definition) is 3. The van der Waals surface area contributed by atoms with Crippen LogP contribution in [0.4, 0.5) is 5.69 Å². The second-order valence-electron chi connectivity index (χ2n) is 11.6. The van der Waals surface area contributed by atoms with Crippen molar-refractivity contribution in [2.24, 2.45) is 0 Å². The monoisotopic (exact) mass is 528 g/mol. The first-order chi connectivity index (χ1) is 19.2. The number of amides is 3. The van der Waals surface area contributed by atoms with Gasteiger partial charge in [0.1, 0.15) is 6.04 Å². The molecule has 0 aromatic heterocycles. The van der Waals surface area contributed by atoms with E-state index in [0.29, 0.717) is 17.5 Å². The number of imide groups is 1. The number of anilines is 1. The molecule has 0 bridgehead atoms. The first-order valence-electron chi connectivity index (χ1n) is 13.7. The molecule has 0 saturated heterocycles. The lowest BCUT2D eigenvalue weighted by atomic mass is 9.65. The summed E-state index contributed by atoms with van der Waals surface area (Å²) in [5.74, 6) is -1.11. The Kier molecular flexibility index (Phi) is 6.18. The van der Waals surface area contributed by atoms with Gasteiger partial charge in [-0.3, -0.25) is 19.3 Å². The van der Waals surface area contributed by atoms with Gasteiger partial charge in [-0.2, -0.15) is 0 Å². The van der Waals surface area contributed by atoms with Crippen LogP contribution < -0.4 is 4.90 Å². The van der Waals surface area contributed by atoms with Crippen LogP contribution in [0.1, 0.15) is 64.6 Å². The molecule has 3 amide bonds. The van der Waals surface area contributed by atoms with Crippen LogP contribution in [0.2, 0.25) is 0 Å². The lowest BCUT2D eigenvalue weighted by Gasteiger charge is -2.52. The molecule has 40 heavy (non-hydrogen) atoms. The molecule has 200 valence electrons. The number of para-hydroxylation sites is 1. The Labute approximate surface area is 235 Å². The van der Waals surface area contributed by atoms with Crippen molar-refractivity contribution in [1.29, 1.82) is 0 Å². The van der Waals surface area contributed by atoms with Crippen LogP contribution in [0.25, 0.3) is 0 Å². The van der Waals surface area contributed by atoms with Gasteiger partial charge in [-0.25, -0.2) is 0 Å². The van der Waals surface area contributed by atoms with E-state index in [9.17, 15) is 14.4 Å². The molecule has 5 nitrogen and oxygen atoms in total. The number of carbonyl (C=O) groups excluding carboxylic acids is 3. The zero-order valence-electron chi connectivity index (χ0n) is 23.0. The van der Waals surface area contributed by atoms with E-state index >= 15 is 0 Å². The quantitative estimate of drug-likeness (QED) is 0.281. The fourth-order valence-electron chi connectivity index (χ4n) is 6.75. The largest absolute Gasteiger partial charge is 0.305 e. The van der Waals surface area contributed by atoms with Gasteiger partial charge in [0.25, 0.3) is 17.7 Å². The topological polar surface area (TPSA) is 57.7 Å². The molecule has 5 heteroatoms. The number of fused-ring (bicyclic) bond motifs is 2.